The van der Waals surface area contributed by atoms with Gasteiger partial charge in [-0.15, -0.1) is 0 Å². The molecule has 0 spiro atoms. The fourth-order valence-electron chi connectivity index (χ4n) is 1.94. The molecule has 1 aromatic rings. The summed E-state index contributed by atoms with van der Waals surface area (Å²) >= 11 is 0. The summed E-state index contributed by atoms with van der Waals surface area (Å²) in [5.74, 6) is -0.132. The highest BCUT2D eigenvalue weighted by Gasteiger charge is 2.31. The topological polar surface area (TPSA) is 64.9 Å². The first-order valence-electron chi connectivity index (χ1n) is 7.26. The van der Waals surface area contributed by atoms with Crippen molar-refractivity contribution in [2.75, 3.05) is 5.32 Å². The Bertz CT molecular complexity index is 560. The van der Waals surface area contributed by atoms with Gasteiger partial charge in [-0.2, -0.15) is 5.26 Å². The summed E-state index contributed by atoms with van der Waals surface area (Å²) in [6, 6.07) is 7.83. The van der Waals surface area contributed by atoms with E-state index in [0.717, 1.165) is 11.3 Å². The number of nitrogens with one attached hydrogen (secondary N) is 2. The quantitative estimate of drug-likeness (QED) is 0.874. The maximum Gasteiger partial charge on any atom is 0.243 e. The van der Waals surface area contributed by atoms with Gasteiger partial charge in [-0.25, -0.2) is 0 Å². The summed E-state index contributed by atoms with van der Waals surface area (Å²) in [5, 5.41) is 15.3. The van der Waals surface area contributed by atoms with Crippen LogP contribution in [-0.2, 0) is 4.79 Å². The third-order valence-electron chi connectivity index (χ3n) is 3.92. The van der Waals surface area contributed by atoms with E-state index in [9.17, 15) is 10.1 Å². The number of nitriles is 1. The first-order chi connectivity index (χ1) is 9.69. The number of anilines is 1. The van der Waals surface area contributed by atoms with E-state index < -0.39 is 11.6 Å². The second-order valence-corrected chi connectivity index (χ2v) is 6.14. The summed E-state index contributed by atoms with van der Waals surface area (Å²) in [7, 11) is 0. The Morgan fingerprint density at radius 2 is 1.90 bits per heavy atom. The summed E-state index contributed by atoms with van der Waals surface area (Å²) in [5.41, 5.74) is 2.37. The SMILES string of the molecule is Cc1ccc(N[C@H](C)C(=O)N[C@](C)(C#N)C(C)C)c(C)c1. The molecule has 114 valence electrons. The molecule has 0 aromatic heterocycles. The molecule has 4 heteroatoms. The van der Waals surface area contributed by atoms with Gasteiger partial charge in [0.05, 0.1) is 6.07 Å². The molecule has 0 radical (unpaired) electrons. The largest absolute Gasteiger partial charge is 0.374 e. The molecule has 0 saturated heterocycles. The van der Waals surface area contributed by atoms with Crippen molar-refractivity contribution in [2.24, 2.45) is 5.92 Å². The van der Waals surface area contributed by atoms with Crippen molar-refractivity contribution < 1.29 is 4.79 Å². The van der Waals surface area contributed by atoms with Crippen LogP contribution in [0.2, 0.25) is 0 Å². The van der Waals surface area contributed by atoms with Gasteiger partial charge in [-0.05, 0) is 45.2 Å². The second kappa shape index (κ2) is 6.62. The van der Waals surface area contributed by atoms with Crippen LogP contribution < -0.4 is 10.6 Å². The van der Waals surface area contributed by atoms with Crippen molar-refractivity contribution in [2.45, 2.75) is 53.1 Å². The number of aryl methyl sites for hydroxylation is 2. The Morgan fingerprint density at radius 1 is 1.29 bits per heavy atom. The normalized spacial score (nSPS) is 15.0. The number of benzene rings is 1. The van der Waals surface area contributed by atoms with E-state index in [0.29, 0.717) is 0 Å². The molecule has 2 atom stereocenters. The van der Waals surface area contributed by atoms with Gasteiger partial charge in [-0.1, -0.05) is 31.5 Å². The van der Waals surface area contributed by atoms with Crippen LogP contribution >= 0.6 is 0 Å². The van der Waals surface area contributed by atoms with Gasteiger partial charge in [0, 0.05) is 5.69 Å². The highest BCUT2D eigenvalue weighted by Crippen LogP contribution is 2.18. The van der Waals surface area contributed by atoms with Gasteiger partial charge in [0.15, 0.2) is 0 Å². The smallest absolute Gasteiger partial charge is 0.243 e. The van der Waals surface area contributed by atoms with Crippen molar-refractivity contribution in [1.82, 2.24) is 5.32 Å². The molecule has 2 N–H and O–H groups in total. The predicted molar refractivity (Wildman–Crippen MR) is 86.0 cm³/mol. The van der Waals surface area contributed by atoms with Crippen LogP contribution in [0.25, 0.3) is 0 Å². The van der Waals surface area contributed by atoms with Crippen molar-refractivity contribution in [3.05, 3.63) is 29.3 Å². The lowest BCUT2D eigenvalue weighted by Gasteiger charge is -2.29. The molecule has 0 aliphatic carbocycles. The Kier molecular flexibility index (Phi) is 5.37. The number of carbonyl (C=O) groups is 1. The molecule has 1 rings (SSSR count). The monoisotopic (exact) mass is 287 g/mol. The number of amides is 1. The van der Waals surface area contributed by atoms with Crippen LogP contribution in [0.15, 0.2) is 18.2 Å². The number of hydrogen-bond donors (Lipinski definition) is 2. The zero-order valence-corrected chi connectivity index (χ0v) is 13.7. The minimum absolute atomic E-state index is 0.0414. The number of hydrogen-bond acceptors (Lipinski definition) is 3. The third kappa shape index (κ3) is 4.22. The minimum atomic E-state index is -0.852. The lowest BCUT2D eigenvalue weighted by molar-refractivity contribution is -0.123. The summed E-state index contributed by atoms with van der Waals surface area (Å²) in [4.78, 5) is 12.3. The molecule has 0 bridgehead atoms. The van der Waals surface area contributed by atoms with E-state index in [-0.39, 0.29) is 11.8 Å². The van der Waals surface area contributed by atoms with Crippen LogP contribution in [0.1, 0.15) is 38.8 Å². The summed E-state index contributed by atoms with van der Waals surface area (Å²) in [6.45, 7) is 11.4. The van der Waals surface area contributed by atoms with Crippen molar-refractivity contribution >= 4 is 11.6 Å². The van der Waals surface area contributed by atoms with Gasteiger partial charge >= 0.3 is 0 Å². The molecular formula is C17H25N3O. The molecule has 0 heterocycles. The van der Waals surface area contributed by atoms with Crippen LogP contribution in [0.5, 0.6) is 0 Å². The highest BCUT2D eigenvalue weighted by molar-refractivity contribution is 5.85. The fourth-order valence-corrected chi connectivity index (χ4v) is 1.94. The molecule has 1 amide bonds. The van der Waals surface area contributed by atoms with Crippen molar-refractivity contribution in [3.8, 4) is 6.07 Å². The molecular weight excluding hydrogens is 262 g/mol. The van der Waals surface area contributed by atoms with Crippen molar-refractivity contribution in [1.29, 1.82) is 5.26 Å². The molecule has 0 aliphatic heterocycles. The average molecular weight is 287 g/mol. The lowest BCUT2D eigenvalue weighted by atomic mass is 9.90. The van der Waals surface area contributed by atoms with Gasteiger partial charge in [0.2, 0.25) is 5.91 Å². The first kappa shape index (κ1) is 17.0. The van der Waals surface area contributed by atoms with E-state index in [2.05, 4.69) is 22.8 Å². The van der Waals surface area contributed by atoms with Crippen LogP contribution in [0, 0.1) is 31.1 Å². The van der Waals surface area contributed by atoms with Gasteiger partial charge in [0.1, 0.15) is 11.6 Å². The van der Waals surface area contributed by atoms with Gasteiger partial charge < -0.3 is 10.6 Å². The molecule has 0 unspecified atom stereocenters. The maximum absolute atomic E-state index is 12.3. The number of carbonyl (C=O) groups excluding carboxylic acids is 1. The van der Waals surface area contributed by atoms with Crippen LogP contribution in [0.3, 0.4) is 0 Å². The first-order valence-corrected chi connectivity index (χ1v) is 7.26. The molecule has 0 aliphatic rings. The van der Waals surface area contributed by atoms with E-state index in [4.69, 9.17) is 0 Å². The molecule has 21 heavy (non-hydrogen) atoms. The summed E-state index contributed by atoms with van der Waals surface area (Å²) < 4.78 is 0. The number of nitrogens with zero attached hydrogens (tertiary/aromatic N) is 1. The number of rotatable bonds is 5. The summed E-state index contributed by atoms with van der Waals surface area (Å²) in [6.07, 6.45) is 0. The fraction of sp³-hybridized carbons (Fsp3) is 0.529. The van der Waals surface area contributed by atoms with E-state index in [1.165, 1.54) is 5.56 Å². The standard InChI is InChI=1S/C17H25N3O/c1-11(2)17(6,10-18)20-16(21)14(5)19-15-8-7-12(3)9-13(15)4/h7-9,11,14,19H,1-6H3,(H,20,21)/t14-,17-/m1/s1. The maximum atomic E-state index is 12.3. The Balaban J connectivity index is 2.78. The van der Waals surface area contributed by atoms with Crippen molar-refractivity contribution in [3.63, 3.8) is 0 Å². The second-order valence-electron chi connectivity index (χ2n) is 6.14. The minimum Gasteiger partial charge on any atom is -0.374 e. The third-order valence-corrected chi connectivity index (χ3v) is 3.92. The molecule has 0 fully saturated rings. The molecule has 1 aromatic carbocycles. The zero-order valence-electron chi connectivity index (χ0n) is 13.7. The van der Waals surface area contributed by atoms with E-state index >= 15 is 0 Å². The highest BCUT2D eigenvalue weighted by atomic mass is 16.2. The zero-order chi connectivity index (χ0) is 16.2. The van der Waals surface area contributed by atoms with E-state index in [1.807, 2.05) is 39.8 Å². The van der Waals surface area contributed by atoms with Crippen LogP contribution in [0.4, 0.5) is 5.69 Å². The van der Waals surface area contributed by atoms with E-state index in [1.54, 1.807) is 13.8 Å². The van der Waals surface area contributed by atoms with Gasteiger partial charge in [-0.3, -0.25) is 4.79 Å². The van der Waals surface area contributed by atoms with Gasteiger partial charge in [0.25, 0.3) is 0 Å². The molecule has 0 saturated carbocycles. The lowest BCUT2D eigenvalue weighted by Crippen LogP contribution is -2.53. The Morgan fingerprint density at radius 3 is 2.38 bits per heavy atom. The molecule has 4 nitrogen and oxygen atoms in total. The van der Waals surface area contributed by atoms with Crippen LogP contribution in [-0.4, -0.2) is 17.5 Å². The Hall–Kier alpha value is -2.02. The predicted octanol–water partition coefficient (Wildman–Crippen LogP) is 3.16. The average Bonchev–Trinajstić information content (AvgIpc) is 2.41. The Labute approximate surface area is 127 Å².